The third-order valence-corrected chi connectivity index (χ3v) is 13.9. The number of anilines is 1. The van der Waals surface area contributed by atoms with Crippen LogP contribution in [-0.2, 0) is 35.3 Å². The number of carbonyl (C=O) groups is 2. The van der Waals surface area contributed by atoms with E-state index in [-0.39, 0.29) is 35.6 Å². The molecule has 0 bridgehead atoms. The summed E-state index contributed by atoms with van der Waals surface area (Å²) in [5.41, 5.74) is 2.04. The van der Waals surface area contributed by atoms with Gasteiger partial charge in [0.1, 0.15) is 30.3 Å². The van der Waals surface area contributed by atoms with Crippen LogP contribution in [-0.4, -0.2) is 150 Å². The Balaban J connectivity index is 0.000000233. The van der Waals surface area contributed by atoms with E-state index in [4.69, 9.17) is 16.3 Å². The molecule has 2 amide bonds. The van der Waals surface area contributed by atoms with E-state index in [1.54, 1.807) is 0 Å². The molecule has 0 radical (unpaired) electrons. The summed E-state index contributed by atoms with van der Waals surface area (Å²) < 4.78 is 58.9. The molecule has 384 valence electrons. The zero-order valence-corrected chi connectivity index (χ0v) is 40.9. The van der Waals surface area contributed by atoms with Gasteiger partial charge in [0.05, 0.1) is 35.3 Å². The van der Waals surface area contributed by atoms with Gasteiger partial charge in [0.2, 0.25) is 11.8 Å². The highest BCUT2D eigenvalue weighted by molar-refractivity contribution is 6.30. The van der Waals surface area contributed by atoms with Crippen molar-refractivity contribution in [2.45, 2.75) is 64.0 Å². The highest BCUT2D eigenvalue weighted by Gasteiger charge is 2.36. The van der Waals surface area contributed by atoms with Crippen molar-refractivity contribution in [3.05, 3.63) is 121 Å². The molecule has 21 heteroatoms. The van der Waals surface area contributed by atoms with E-state index in [9.17, 15) is 42.4 Å². The average Bonchev–Trinajstić information content (AvgIpc) is 3.65. The Labute approximate surface area is 416 Å². The number of hydrogen-bond donors (Lipinski definition) is 3. The number of carbonyl (C=O) groups excluding carboxylic acids is 2. The summed E-state index contributed by atoms with van der Waals surface area (Å²) in [6.07, 6.45) is -0.774. The van der Waals surface area contributed by atoms with Crippen molar-refractivity contribution in [3.63, 3.8) is 0 Å². The predicted molar refractivity (Wildman–Crippen MR) is 261 cm³/mol. The second-order valence-electron chi connectivity index (χ2n) is 18.7. The van der Waals surface area contributed by atoms with E-state index in [1.807, 2.05) is 36.2 Å². The van der Waals surface area contributed by atoms with Crippen LogP contribution in [0.4, 0.5) is 29.1 Å². The summed E-state index contributed by atoms with van der Waals surface area (Å²) in [7, 11) is 1.85. The largest absolute Gasteiger partial charge is 0.489 e. The SMILES string of the molecule is CNCCNC(=O)CN1CCN(CC2CCN(Cc3cc([N+](=O)[O-])ccc3OCc3ccc(F)c(C(F)(F)F)c3)CC2)CC1.C[C@@H]1CC(O)c2ncnc(N3CCN(C(=O)Cc4ccc(Cl)cc4)CC3)c21. The van der Waals surface area contributed by atoms with Gasteiger partial charge in [-0.15, -0.1) is 0 Å². The van der Waals surface area contributed by atoms with E-state index in [0.29, 0.717) is 73.9 Å². The molecular formula is C50H63ClF4N10O6. The van der Waals surface area contributed by atoms with Crippen LogP contribution in [0.25, 0.3) is 0 Å². The Hall–Kier alpha value is -5.51. The standard InChI is InChI=1S/C30H40F4N6O4.C20H23ClN4O2/c1-35-8-9-36-29(41)20-39-14-12-38(13-15-39)18-22-6-10-37(11-7-22)19-24-17-25(40(42)43)3-5-28(24)44-21-23-2-4-27(31)26(16-23)30(32,33)34;1-13-10-16(26)19-18(13)20(23-12-22-19)25-8-6-24(7-9-25)17(27)11-14-2-4-15(21)5-3-14/h2-5,16-17,22,35H,6-15,18-21H2,1H3,(H,36,41);2-5,12-13,16,26H,6-11H2,1H3/t;13-,16?/m.1/s1. The monoisotopic (exact) mass is 1010 g/mol. The fourth-order valence-corrected chi connectivity index (χ4v) is 9.77. The van der Waals surface area contributed by atoms with Crippen LogP contribution in [0.2, 0.25) is 5.02 Å². The Bertz CT molecular complexity index is 2430. The number of alkyl halides is 3. The number of rotatable bonds is 16. The number of piperidine rings is 1. The molecule has 3 aromatic carbocycles. The van der Waals surface area contributed by atoms with Gasteiger partial charge in [-0.2, -0.15) is 13.2 Å². The minimum atomic E-state index is -4.83. The Morgan fingerprint density at radius 1 is 0.887 bits per heavy atom. The summed E-state index contributed by atoms with van der Waals surface area (Å²) in [6, 6.07) is 14.3. The maximum absolute atomic E-state index is 13.7. The molecule has 1 unspecified atom stereocenters. The van der Waals surface area contributed by atoms with Crippen molar-refractivity contribution in [2.24, 2.45) is 5.92 Å². The lowest BCUT2D eigenvalue weighted by atomic mass is 9.95. The Kier molecular flexibility index (Phi) is 18.6. The first-order valence-corrected chi connectivity index (χ1v) is 24.6. The molecule has 2 atom stereocenters. The number of nitrogens with one attached hydrogen (secondary N) is 2. The Morgan fingerprint density at radius 2 is 1.58 bits per heavy atom. The minimum Gasteiger partial charge on any atom is -0.489 e. The number of aliphatic hydroxyl groups is 1. The quantitative estimate of drug-likeness (QED) is 0.0513. The predicted octanol–water partition coefficient (Wildman–Crippen LogP) is 6.06. The first-order valence-electron chi connectivity index (χ1n) is 24.2. The lowest BCUT2D eigenvalue weighted by Crippen LogP contribution is -2.51. The molecule has 1 aliphatic carbocycles. The van der Waals surface area contributed by atoms with Crippen LogP contribution in [0.5, 0.6) is 5.75 Å². The number of non-ortho nitro benzene ring substituents is 1. The highest BCUT2D eigenvalue weighted by atomic mass is 35.5. The van der Waals surface area contributed by atoms with Crippen LogP contribution >= 0.6 is 11.6 Å². The number of amides is 2. The van der Waals surface area contributed by atoms with Gasteiger partial charge >= 0.3 is 6.18 Å². The summed E-state index contributed by atoms with van der Waals surface area (Å²) >= 11 is 5.90. The van der Waals surface area contributed by atoms with Gasteiger partial charge in [0.25, 0.3) is 5.69 Å². The number of piperazine rings is 2. The molecule has 3 N–H and O–H groups in total. The van der Waals surface area contributed by atoms with E-state index < -0.39 is 28.6 Å². The molecule has 0 saturated carbocycles. The summed E-state index contributed by atoms with van der Waals surface area (Å²) in [4.78, 5) is 55.3. The van der Waals surface area contributed by atoms with Crippen molar-refractivity contribution >= 4 is 34.9 Å². The number of aromatic nitrogens is 2. The maximum Gasteiger partial charge on any atom is 0.419 e. The van der Waals surface area contributed by atoms with Crippen molar-refractivity contribution in [3.8, 4) is 5.75 Å². The van der Waals surface area contributed by atoms with E-state index in [2.05, 4.69) is 47.1 Å². The molecule has 3 aliphatic heterocycles. The molecule has 4 aromatic rings. The molecule has 4 aliphatic rings. The van der Waals surface area contributed by atoms with Crippen molar-refractivity contribution in [1.29, 1.82) is 0 Å². The lowest BCUT2D eigenvalue weighted by Gasteiger charge is -2.38. The third kappa shape index (κ3) is 14.8. The van der Waals surface area contributed by atoms with Gasteiger partial charge in [-0.25, -0.2) is 14.4 Å². The summed E-state index contributed by atoms with van der Waals surface area (Å²) in [5.74, 6) is 0.833. The molecule has 3 fully saturated rings. The first-order chi connectivity index (χ1) is 34.0. The topological polar surface area (TPSA) is 173 Å². The van der Waals surface area contributed by atoms with Crippen LogP contribution in [0.3, 0.4) is 0 Å². The van der Waals surface area contributed by atoms with Crippen molar-refractivity contribution < 1.29 is 41.9 Å². The highest BCUT2D eigenvalue weighted by Crippen LogP contribution is 2.43. The van der Waals surface area contributed by atoms with E-state index in [0.717, 1.165) is 107 Å². The number of nitro groups is 1. The van der Waals surface area contributed by atoms with Crippen molar-refractivity contribution in [1.82, 2.24) is 40.2 Å². The van der Waals surface area contributed by atoms with Gasteiger partial charge < -0.3 is 35.2 Å². The van der Waals surface area contributed by atoms with Crippen LogP contribution in [0.15, 0.2) is 67.0 Å². The summed E-state index contributed by atoms with van der Waals surface area (Å²) in [5, 5.41) is 28.2. The zero-order valence-electron chi connectivity index (χ0n) is 40.2. The molecule has 8 rings (SSSR count). The smallest absolute Gasteiger partial charge is 0.419 e. The molecular weight excluding hydrogens is 948 g/mol. The van der Waals surface area contributed by atoms with Gasteiger partial charge in [-0.1, -0.05) is 36.7 Å². The number of halogens is 5. The van der Waals surface area contributed by atoms with Crippen LogP contribution in [0.1, 0.15) is 71.7 Å². The fraction of sp³-hybridized carbons (Fsp3) is 0.520. The number of benzene rings is 3. The molecule has 4 heterocycles. The normalized spacial score (nSPS) is 19.2. The van der Waals surface area contributed by atoms with Crippen molar-refractivity contribution in [2.75, 3.05) is 104 Å². The second-order valence-corrected chi connectivity index (χ2v) is 19.2. The van der Waals surface area contributed by atoms with E-state index in [1.165, 1.54) is 30.6 Å². The van der Waals surface area contributed by atoms with E-state index >= 15 is 0 Å². The lowest BCUT2D eigenvalue weighted by molar-refractivity contribution is -0.385. The molecule has 3 saturated heterocycles. The van der Waals surface area contributed by atoms with Gasteiger partial charge in [0.15, 0.2) is 0 Å². The molecule has 0 spiro atoms. The third-order valence-electron chi connectivity index (χ3n) is 13.6. The minimum absolute atomic E-state index is 0.0458. The zero-order chi connectivity index (χ0) is 50.7. The van der Waals surface area contributed by atoms with Gasteiger partial charge in [-0.05, 0) is 92.7 Å². The van der Waals surface area contributed by atoms with Gasteiger partial charge in [0, 0.05) is 107 Å². The fourth-order valence-electron chi connectivity index (χ4n) is 9.64. The summed E-state index contributed by atoms with van der Waals surface area (Å²) in [6.45, 7) is 12.9. The van der Waals surface area contributed by atoms with Crippen LogP contribution in [0, 0.1) is 21.8 Å². The number of ether oxygens (including phenoxy) is 1. The number of hydrogen-bond acceptors (Lipinski definition) is 13. The average molecular weight is 1010 g/mol. The number of likely N-dealkylation sites (N-methyl/N-ethyl adjacent to an activating group) is 1. The second kappa shape index (κ2) is 24.7. The first kappa shape index (κ1) is 53.3. The van der Waals surface area contributed by atoms with Gasteiger partial charge in [-0.3, -0.25) is 29.5 Å². The Morgan fingerprint density at radius 3 is 2.25 bits per heavy atom. The number of likely N-dealkylation sites (tertiary alicyclic amines) is 1. The number of nitro benzene ring substituents is 1. The molecule has 1 aromatic heterocycles. The number of nitrogens with zero attached hydrogens (tertiary/aromatic N) is 8. The molecule has 71 heavy (non-hydrogen) atoms. The molecule has 16 nitrogen and oxygen atoms in total. The number of aliphatic hydroxyl groups excluding tert-OH is 1. The maximum atomic E-state index is 13.7. The number of fused-ring (bicyclic) bond motifs is 1. The van der Waals surface area contributed by atoms with Crippen LogP contribution < -0.4 is 20.3 Å².